The molecular formula is C27H34N2O9. The van der Waals surface area contributed by atoms with Crippen molar-refractivity contribution >= 4 is 18.1 Å². The summed E-state index contributed by atoms with van der Waals surface area (Å²) in [6.07, 6.45) is 2.36. The molecule has 1 unspecified atom stereocenters. The van der Waals surface area contributed by atoms with Gasteiger partial charge in [-0.05, 0) is 43.9 Å². The van der Waals surface area contributed by atoms with Gasteiger partial charge in [-0.25, -0.2) is 0 Å². The lowest BCUT2D eigenvalue weighted by atomic mass is 9.77. The molecule has 206 valence electrons. The van der Waals surface area contributed by atoms with E-state index in [4.69, 9.17) is 18.9 Å². The van der Waals surface area contributed by atoms with Crippen LogP contribution < -0.4 is 14.8 Å². The fourth-order valence-electron chi connectivity index (χ4n) is 5.88. The molecule has 6 atom stereocenters. The zero-order valence-corrected chi connectivity index (χ0v) is 21.3. The van der Waals surface area contributed by atoms with Gasteiger partial charge < -0.3 is 39.4 Å². The molecule has 1 aliphatic carbocycles. The number of fused-ring (bicyclic) bond motifs is 3. The SMILES string of the molecule is COc1cc(C=O)cc2c1O[C@@H]1[C@@H](O)[C@H](N(C[C@@H]3CCCO3)C(=O)C3CCCO3)C=C(C(=O)NCCO)[C@H]21. The van der Waals surface area contributed by atoms with E-state index in [0.29, 0.717) is 48.5 Å². The van der Waals surface area contributed by atoms with E-state index in [1.165, 1.54) is 13.2 Å². The highest BCUT2D eigenvalue weighted by Crippen LogP contribution is 2.51. The van der Waals surface area contributed by atoms with E-state index in [2.05, 4.69) is 5.32 Å². The average Bonchev–Trinajstić information content (AvgIpc) is 3.71. The van der Waals surface area contributed by atoms with Crippen LogP contribution in [0, 0.1) is 0 Å². The number of rotatable bonds is 9. The number of aldehydes is 1. The number of nitrogens with one attached hydrogen (secondary N) is 1. The number of hydrogen-bond donors (Lipinski definition) is 3. The lowest BCUT2D eigenvalue weighted by molar-refractivity contribution is -0.148. The Morgan fingerprint density at radius 3 is 2.66 bits per heavy atom. The van der Waals surface area contributed by atoms with Crippen LogP contribution in [0.5, 0.6) is 11.5 Å². The van der Waals surface area contributed by atoms with E-state index in [9.17, 15) is 24.6 Å². The molecule has 11 heteroatoms. The van der Waals surface area contributed by atoms with Crippen molar-refractivity contribution in [2.24, 2.45) is 0 Å². The van der Waals surface area contributed by atoms with Crippen molar-refractivity contribution in [3.05, 3.63) is 34.9 Å². The Kier molecular flexibility index (Phi) is 7.98. The summed E-state index contributed by atoms with van der Waals surface area (Å²) in [5.41, 5.74) is 1.15. The highest BCUT2D eigenvalue weighted by atomic mass is 16.5. The molecule has 38 heavy (non-hydrogen) atoms. The molecular weight excluding hydrogens is 496 g/mol. The second-order valence-electron chi connectivity index (χ2n) is 10.0. The van der Waals surface area contributed by atoms with Crippen LogP contribution in [-0.4, -0.2) is 104 Å². The lowest BCUT2D eigenvalue weighted by Crippen LogP contribution is -2.58. The standard InChI is InChI=1S/C27H34N2O9/c1-35-21-11-15(14-31)10-17-22-18(26(33)28-6-7-30)12-19(23(32)25(22)38-24(17)21)29(13-16-4-2-8-36-16)27(34)20-5-3-9-37-20/h10-12,14,16,19-20,22-23,25,30,32H,2-9,13H2,1H3,(H,28,33)/t16-,19+,20?,22-,23-,25-/m0/s1. The van der Waals surface area contributed by atoms with E-state index in [-0.39, 0.29) is 37.3 Å². The second-order valence-corrected chi connectivity index (χ2v) is 10.0. The monoisotopic (exact) mass is 530 g/mol. The van der Waals surface area contributed by atoms with Gasteiger partial charge in [0.25, 0.3) is 5.91 Å². The largest absolute Gasteiger partial charge is 0.493 e. The highest BCUT2D eigenvalue weighted by molar-refractivity contribution is 5.96. The molecule has 0 aromatic heterocycles. The number of aliphatic hydroxyl groups excluding tert-OH is 2. The predicted octanol–water partition coefficient (Wildman–Crippen LogP) is 0.317. The summed E-state index contributed by atoms with van der Waals surface area (Å²) < 4.78 is 23.2. The van der Waals surface area contributed by atoms with Crippen LogP contribution in [-0.2, 0) is 19.1 Å². The summed E-state index contributed by atoms with van der Waals surface area (Å²) in [7, 11) is 1.45. The Bertz CT molecular complexity index is 1090. The number of methoxy groups -OCH3 is 1. The quantitative estimate of drug-likeness (QED) is 0.385. The molecule has 0 bridgehead atoms. The molecule has 0 spiro atoms. The first kappa shape index (κ1) is 26.6. The van der Waals surface area contributed by atoms with Crippen LogP contribution in [0.4, 0.5) is 0 Å². The van der Waals surface area contributed by atoms with E-state index in [1.54, 1.807) is 17.0 Å². The molecule has 2 amide bonds. The molecule has 1 aromatic carbocycles. The second kappa shape index (κ2) is 11.4. The molecule has 11 nitrogen and oxygen atoms in total. The van der Waals surface area contributed by atoms with Gasteiger partial charge in [0.2, 0.25) is 5.91 Å². The maximum atomic E-state index is 13.7. The minimum Gasteiger partial charge on any atom is -0.493 e. The molecule has 0 saturated carbocycles. The van der Waals surface area contributed by atoms with Gasteiger partial charge in [0.05, 0.1) is 31.8 Å². The zero-order chi connectivity index (χ0) is 26.8. The van der Waals surface area contributed by atoms with Crippen LogP contribution >= 0.6 is 0 Å². The van der Waals surface area contributed by atoms with Crippen LogP contribution in [0.1, 0.15) is 47.5 Å². The third-order valence-corrected chi connectivity index (χ3v) is 7.68. The number of carbonyl (C=O) groups is 3. The van der Waals surface area contributed by atoms with Crippen molar-refractivity contribution < 1.29 is 43.5 Å². The maximum Gasteiger partial charge on any atom is 0.252 e. The number of nitrogens with zero attached hydrogens (tertiary/aromatic N) is 1. The van der Waals surface area contributed by atoms with Crippen molar-refractivity contribution in [1.82, 2.24) is 10.2 Å². The lowest BCUT2D eigenvalue weighted by Gasteiger charge is -2.42. The summed E-state index contributed by atoms with van der Waals surface area (Å²) in [5.74, 6) is -0.789. The Morgan fingerprint density at radius 2 is 2.00 bits per heavy atom. The summed E-state index contributed by atoms with van der Waals surface area (Å²) in [5, 5.41) is 23.7. The van der Waals surface area contributed by atoms with Gasteiger partial charge in [-0.1, -0.05) is 0 Å². The first-order chi connectivity index (χ1) is 18.5. The summed E-state index contributed by atoms with van der Waals surface area (Å²) >= 11 is 0. The Balaban J connectivity index is 1.57. The highest BCUT2D eigenvalue weighted by Gasteiger charge is 2.52. The van der Waals surface area contributed by atoms with E-state index < -0.39 is 36.2 Å². The Morgan fingerprint density at radius 1 is 1.21 bits per heavy atom. The van der Waals surface area contributed by atoms with E-state index in [0.717, 1.165) is 19.3 Å². The average molecular weight is 531 g/mol. The maximum absolute atomic E-state index is 13.7. The molecule has 2 saturated heterocycles. The smallest absolute Gasteiger partial charge is 0.252 e. The zero-order valence-electron chi connectivity index (χ0n) is 21.3. The number of amides is 2. The molecule has 3 heterocycles. The normalized spacial score (nSPS) is 29.6. The minimum atomic E-state index is -1.20. The number of benzene rings is 1. The molecule has 3 N–H and O–H groups in total. The number of aliphatic hydroxyl groups is 2. The van der Waals surface area contributed by atoms with E-state index in [1.807, 2.05) is 0 Å². The van der Waals surface area contributed by atoms with Gasteiger partial charge in [-0.3, -0.25) is 14.4 Å². The van der Waals surface area contributed by atoms with Crippen molar-refractivity contribution in [3.63, 3.8) is 0 Å². The van der Waals surface area contributed by atoms with E-state index >= 15 is 0 Å². The fraction of sp³-hybridized carbons (Fsp3) is 0.593. The van der Waals surface area contributed by atoms with Gasteiger partial charge in [-0.15, -0.1) is 0 Å². The number of carbonyl (C=O) groups excluding carboxylic acids is 3. The molecule has 5 rings (SSSR count). The van der Waals surface area contributed by atoms with Gasteiger partial charge in [0.1, 0.15) is 24.6 Å². The minimum absolute atomic E-state index is 0.0284. The molecule has 4 aliphatic rings. The Labute approximate surface area is 220 Å². The first-order valence-electron chi connectivity index (χ1n) is 13.1. The summed E-state index contributed by atoms with van der Waals surface area (Å²) in [4.78, 5) is 40.3. The van der Waals surface area contributed by atoms with Gasteiger partial charge in [0, 0.05) is 43.0 Å². The third kappa shape index (κ3) is 4.91. The van der Waals surface area contributed by atoms with Crippen molar-refractivity contribution in [1.29, 1.82) is 0 Å². The molecule has 1 aromatic rings. The molecule has 2 fully saturated rings. The van der Waals surface area contributed by atoms with Crippen molar-refractivity contribution in [3.8, 4) is 11.5 Å². The van der Waals surface area contributed by atoms with Crippen molar-refractivity contribution in [2.75, 3.05) is 40.0 Å². The molecule has 3 aliphatic heterocycles. The summed E-state index contributed by atoms with van der Waals surface area (Å²) in [6, 6.07) is 2.27. The van der Waals surface area contributed by atoms with Gasteiger partial charge >= 0.3 is 0 Å². The predicted molar refractivity (Wildman–Crippen MR) is 133 cm³/mol. The number of hydrogen-bond acceptors (Lipinski definition) is 9. The molecule has 0 radical (unpaired) electrons. The summed E-state index contributed by atoms with van der Waals surface area (Å²) in [6.45, 7) is 1.11. The topological polar surface area (TPSA) is 144 Å². The van der Waals surface area contributed by atoms with Crippen LogP contribution in [0.2, 0.25) is 0 Å². The van der Waals surface area contributed by atoms with Gasteiger partial charge in [0.15, 0.2) is 11.5 Å². The van der Waals surface area contributed by atoms with Crippen molar-refractivity contribution in [2.45, 2.75) is 62.1 Å². The van der Waals surface area contributed by atoms with Crippen LogP contribution in [0.15, 0.2) is 23.8 Å². The fourth-order valence-corrected chi connectivity index (χ4v) is 5.88. The van der Waals surface area contributed by atoms with Gasteiger partial charge in [-0.2, -0.15) is 0 Å². The third-order valence-electron chi connectivity index (χ3n) is 7.68. The first-order valence-corrected chi connectivity index (χ1v) is 13.1. The Hall–Kier alpha value is -2.99. The van der Waals surface area contributed by atoms with Crippen LogP contribution in [0.3, 0.4) is 0 Å². The van der Waals surface area contributed by atoms with Crippen LogP contribution in [0.25, 0.3) is 0 Å². The number of ether oxygens (including phenoxy) is 4.